The highest BCUT2D eigenvalue weighted by atomic mass is 32.2. The first-order valence-corrected chi connectivity index (χ1v) is 11.8. The molecule has 2 aromatic heterocycles. The van der Waals surface area contributed by atoms with Gasteiger partial charge in [0.05, 0.1) is 12.8 Å². The van der Waals surface area contributed by atoms with E-state index in [1.807, 2.05) is 72.9 Å². The molecule has 0 unspecified atom stereocenters. The van der Waals surface area contributed by atoms with Crippen molar-refractivity contribution in [1.82, 2.24) is 25.2 Å². The van der Waals surface area contributed by atoms with Crippen LogP contribution in [0.5, 0.6) is 5.75 Å². The molecule has 0 bridgehead atoms. The summed E-state index contributed by atoms with van der Waals surface area (Å²) in [5.74, 6) is 0.745. The molecular formula is C26H23N5O2S. The predicted octanol–water partition coefficient (Wildman–Crippen LogP) is 5.43. The lowest BCUT2D eigenvalue weighted by Crippen LogP contribution is -2.11. The summed E-state index contributed by atoms with van der Waals surface area (Å²) in [7, 11) is 1.62. The summed E-state index contributed by atoms with van der Waals surface area (Å²) >= 11 is 1.34. The largest absolute Gasteiger partial charge is 0.497 e. The maximum Gasteiger partial charge on any atom is 0.215 e. The predicted molar refractivity (Wildman–Crippen MR) is 133 cm³/mol. The Bertz CT molecular complexity index is 1430. The summed E-state index contributed by atoms with van der Waals surface area (Å²) in [5, 5.41) is 13.2. The number of tetrazole rings is 1. The summed E-state index contributed by atoms with van der Waals surface area (Å²) in [5.41, 5.74) is 4.53. The zero-order chi connectivity index (χ0) is 23.5. The molecule has 0 saturated carbocycles. The SMILES string of the molecule is CCc1cccc2c(C(=O)[C@H](Sc3nnnn3-c3ccc(OC)cc3)c3ccccc3)c[nH]c12. The first kappa shape index (κ1) is 21.9. The van der Waals surface area contributed by atoms with Crippen LogP contribution in [0.3, 0.4) is 0 Å². The minimum Gasteiger partial charge on any atom is -0.497 e. The van der Waals surface area contributed by atoms with E-state index in [0.29, 0.717) is 10.7 Å². The minimum atomic E-state index is -0.520. The average Bonchev–Trinajstić information content (AvgIpc) is 3.54. The van der Waals surface area contributed by atoms with Gasteiger partial charge in [-0.1, -0.05) is 67.2 Å². The van der Waals surface area contributed by atoms with Gasteiger partial charge in [0.25, 0.3) is 0 Å². The number of nitrogens with zero attached hydrogens (tertiary/aromatic N) is 4. The number of ether oxygens (including phenoxy) is 1. The number of aryl methyl sites for hydroxylation is 1. The van der Waals surface area contributed by atoms with E-state index in [2.05, 4.69) is 33.5 Å². The van der Waals surface area contributed by atoms with Crippen molar-refractivity contribution in [1.29, 1.82) is 0 Å². The van der Waals surface area contributed by atoms with Gasteiger partial charge in [0.1, 0.15) is 11.0 Å². The van der Waals surface area contributed by atoms with Gasteiger partial charge in [0, 0.05) is 22.7 Å². The van der Waals surface area contributed by atoms with Crippen molar-refractivity contribution in [3.8, 4) is 11.4 Å². The van der Waals surface area contributed by atoms with Crippen LogP contribution in [0.15, 0.2) is 84.1 Å². The van der Waals surface area contributed by atoms with Gasteiger partial charge in [0.15, 0.2) is 5.78 Å². The van der Waals surface area contributed by atoms with E-state index in [9.17, 15) is 4.79 Å². The summed E-state index contributed by atoms with van der Waals surface area (Å²) in [4.78, 5) is 17.3. The minimum absolute atomic E-state index is 0.0000148. The molecule has 0 radical (unpaired) electrons. The molecule has 7 nitrogen and oxygen atoms in total. The van der Waals surface area contributed by atoms with E-state index < -0.39 is 5.25 Å². The fourth-order valence-corrected chi connectivity index (χ4v) is 5.06. The molecule has 34 heavy (non-hydrogen) atoms. The number of carbonyl (C=O) groups is 1. The number of para-hydroxylation sites is 1. The lowest BCUT2D eigenvalue weighted by molar-refractivity contribution is 0.0991. The van der Waals surface area contributed by atoms with Crippen molar-refractivity contribution in [2.45, 2.75) is 23.8 Å². The Kier molecular flexibility index (Phi) is 6.14. The van der Waals surface area contributed by atoms with E-state index in [0.717, 1.165) is 34.3 Å². The molecular weight excluding hydrogens is 446 g/mol. The Hall–Kier alpha value is -3.91. The Morgan fingerprint density at radius 2 is 1.85 bits per heavy atom. The summed E-state index contributed by atoms with van der Waals surface area (Å²) in [6.07, 6.45) is 2.70. The van der Waals surface area contributed by atoms with Crippen molar-refractivity contribution in [3.63, 3.8) is 0 Å². The summed E-state index contributed by atoms with van der Waals surface area (Å²) < 4.78 is 6.89. The number of thioether (sulfide) groups is 1. The van der Waals surface area contributed by atoms with Gasteiger partial charge in [-0.05, 0) is 52.2 Å². The number of methoxy groups -OCH3 is 1. The highest BCUT2D eigenvalue weighted by molar-refractivity contribution is 8.00. The van der Waals surface area contributed by atoms with E-state index in [4.69, 9.17) is 4.74 Å². The van der Waals surface area contributed by atoms with E-state index in [-0.39, 0.29) is 5.78 Å². The molecule has 0 spiro atoms. The van der Waals surface area contributed by atoms with Gasteiger partial charge in [-0.3, -0.25) is 4.79 Å². The Balaban J connectivity index is 1.54. The van der Waals surface area contributed by atoms with Crippen molar-refractivity contribution in [2.75, 3.05) is 7.11 Å². The van der Waals surface area contributed by atoms with Crippen LogP contribution in [0, 0.1) is 0 Å². The van der Waals surface area contributed by atoms with Crippen LogP contribution >= 0.6 is 11.8 Å². The molecule has 8 heteroatoms. The number of carbonyl (C=O) groups excluding carboxylic acids is 1. The number of H-pyrrole nitrogens is 1. The quantitative estimate of drug-likeness (QED) is 0.241. The van der Waals surface area contributed by atoms with E-state index in [1.165, 1.54) is 17.3 Å². The zero-order valence-electron chi connectivity index (χ0n) is 18.8. The van der Waals surface area contributed by atoms with Gasteiger partial charge in [-0.2, -0.15) is 4.68 Å². The number of rotatable bonds is 8. The van der Waals surface area contributed by atoms with Gasteiger partial charge >= 0.3 is 0 Å². The van der Waals surface area contributed by atoms with Crippen LogP contribution < -0.4 is 4.74 Å². The Labute approximate surface area is 201 Å². The molecule has 1 N–H and O–H groups in total. The molecule has 5 aromatic rings. The second-order valence-electron chi connectivity index (χ2n) is 7.74. The zero-order valence-corrected chi connectivity index (χ0v) is 19.6. The highest BCUT2D eigenvalue weighted by Gasteiger charge is 2.28. The maximum atomic E-state index is 13.9. The molecule has 0 aliphatic rings. The monoisotopic (exact) mass is 469 g/mol. The van der Waals surface area contributed by atoms with Crippen LogP contribution in [0.4, 0.5) is 0 Å². The Morgan fingerprint density at radius 3 is 2.59 bits per heavy atom. The van der Waals surface area contributed by atoms with Crippen molar-refractivity contribution < 1.29 is 9.53 Å². The number of benzene rings is 3. The van der Waals surface area contributed by atoms with E-state index in [1.54, 1.807) is 11.8 Å². The van der Waals surface area contributed by atoms with Gasteiger partial charge < -0.3 is 9.72 Å². The molecule has 5 rings (SSSR count). The standard InChI is InChI=1S/C26H23N5O2S/c1-3-17-10-7-11-21-22(16-27-23(17)21)24(32)25(18-8-5-4-6-9-18)34-26-28-29-30-31(26)19-12-14-20(33-2)15-13-19/h4-16,25,27H,3H2,1-2H3/t25-/m1/s1. The van der Waals surface area contributed by atoms with E-state index >= 15 is 0 Å². The number of aromatic nitrogens is 5. The number of fused-ring (bicyclic) bond motifs is 1. The van der Waals surface area contributed by atoms with Crippen LogP contribution in [0.2, 0.25) is 0 Å². The smallest absolute Gasteiger partial charge is 0.215 e. The molecule has 170 valence electrons. The number of Topliss-reactive ketones (excluding diaryl/α,β-unsaturated/α-hetero) is 1. The molecule has 0 saturated heterocycles. The topological polar surface area (TPSA) is 85.7 Å². The molecule has 3 aromatic carbocycles. The lowest BCUT2D eigenvalue weighted by atomic mass is 10.0. The maximum absolute atomic E-state index is 13.9. The normalized spacial score (nSPS) is 12.1. The molecule has 2 heterocycles. The number of ketones is 1. The number of aromatic amines is 1. The summed E-state index contributed by atoms with van der Waals surface area (Å²) in [6, 6.07) is 23.3. The third-order valence-corrected chi connectivity index (χ3v) is 6.96. The third kappa shape index (κ3) is 4.08. The van der Waals surface area contributed by atoms with Crippen molar-refractivity contribution in [3.05, 3.63) is 95.7 Å². The van der Waals surface area contributed by atoms with Crippen molar-refractivity contribution >= 4 is 28.4 Å². The second-order valence-corrected chi connectivity index (χ2v) is 8.81. The fraction of sp³-hybridized carbons (Fsp3) is 0.154. The Morgan fingerprint density at radius 1 is 1.06 bits per heavy atom. The van der Waals surface area contributed by atoms with Gasteiger partial charge in [-0.15, -0.1) is 5.10 Å². The summed E-state index contributed by atoms with van der Waals surface area (Å²) in [6.45, 7) is 2.11. The molecule has 0 amide bonds. The lowest BCUT2D eigenvalue weighted by Gasteiger charge is -2.15. The third-order valence-electron chi connectivity index (χ3n) is 5.77. The van der Waals surface area contributed by atoms with Gasteiger partial charge in [0.2, 0.25) is 5.16 Å². The number of hydrogen-bond acceptors (Lipinski definition) is 6. The first-order valence-electron chi connectivity index (χ1n) is 11.0. The molecule has 0 aliphatic heterocycles. The van der Waals surface area contributed by atoms with Crippen LogP contribution in [-0.4, -0.2) is 38.1 Å². The second kappa shape index (κ2) is 9.52. The number of nitrogens with one attached hydrogen (secondary N) is 1. The molecule has 1 atom stereocenters. The van der Waals surface area contributed by atoms with Gasteiger partial charge in [-0.25, -0.2) is 0 Å². The highest BCUT2D eigenvalue weighted by Crippen LogP contribution is 2.39. The molecule has 0 aliphatic carbocycles. The first-order chi connectivity index (χ1) is 16.7. The molecule has 0 fully saturated rings. The average molecular weight is 470 g/mol. The van der Waals surface area contributed by atoms with Crippen LogP contribution in [0.1, 0.15) is 33.7 Å². The van der Waals surface area contributed by atoms with Crippen LogP contribution in [0.25, 0.3) is 16.6 Å². The van der Waals surface area contributed by atoms with Crippen LogP contribution in [-0.2, 0) is 6.42 Å². The fourth-order valence-electron chi connectivity index (χ4n) is 4.00. The van der Waals surface area contributed by atoms with Crippen molar-refractivity contribution in [2.24, 2.45) is 0 Å². The number of hydrogen-bond donors (Lipinski definition) is 1.